The van der Waals surface area contributed by atoms with E-state index in [0.717, 1.165) is 5.57 Å². The lowest BCUT2D eigenvalue weighted by molar-refractivity contribution is -0.168. The SMILES string of the molecule is C[S@@](=O)C[C@](C)(O)[C@H]1OC(=O)C=C2[C@@]13O[C@@H]3[C@H]1OC(=O)[C@@]3(C)C=CC[C@@]2(C)[C@@H]13. The number of hydrogen-bond acceptors (Lipinski definition) is 7. The molecule has 8 heteroatoms. The Kier molecular flexibility index (Phi) is 3.40. The molecule has 1 spiro atoms. The normalized spacial score (nSPS) is 51.0. The van der Waals surface area contributed by atoms with Crippen LogP contribution in [-0.4, -0.2) is 62.8 Å². The monoisotopic (exact) mass is 408 g/mol. The highest BCUT2D eigenvalue weighted by atomic mass is 32.2. The molecular weight excluding hydrogens is 384 g/mol. The highest BCUT2D eigenvalue weighted by Gasteiger charge is 2.83. The standard InChI is InChI=1S/C20H24O7S/c1-17-6-5-7-18(2)13(17)12(26-16(18)22)14-20(27-14)10(17)8-11(21)25-15(20)19(3,23)9-28(4)24/h5,7-8,12-15,23H,6,9H2,1-4H3/t12-,13+,14+,15+,17+,18-,19-,20-,28+/m0/s1. The average molecular weight is 408 g/mol. The van der Waals surface area contributed by atoms with Gasteiger partial charge in [-0.2, -0.15) is 0 Å². The van der Waals surface area contributed by atoms with Crippen molar-refractivity contribution in [3.05, 3.63) is 23.8 Å². The first-order valence-corrected chi connectivity index (χ1v) is 11.2. The molecule has 0 bridgehead atoms. The molecule has 0 aromatic rings. The van der Waals surface area contributed by atoms with Gasteiger partial charge in [0.25, 0.3) is 0 Å². The highest BCUT2D eigenvalue weighted by molar-refractivity contribution is 7.84. The zero-order valence-corrected chi connectivity index (χ0v) is 17.1. The number of hydrogen-bond donors (Lipinski definition) is 1. The second-order valence-electron chi connectivity index (χ2n) is 9.44. The van der Waals surface area contributed by atoms with E-state index in [1.807, 2.05) is 26.0 Å². The van der Waals surface area contributed by atoms with E-state index in [1.165, 1.54) is 19.3 Å². The van der Waals surface area contributed by atoms with E-state index >= 15 is 0 Å². The zero-order valence-electron chi connectivity index (χ0n) is 16.3. The molecule has 3 aliphatic heterocycles. The van der Waals surface area contributed by atoms with Gasteiger partial charge in [-0.05, 0) is 25.8 Å². The molecule has 0 aromatic heterocycles. The van der Waals surface area contributed by atoms with Crippen molar-refractivity contribution in [2.24, 2.45) is 16.7 Å². The van der Waals surface area contributed by atoms with E-state index in [0.29, 0.717) is 6.42 Å². The number of fused-ring (bicyclic) bond motifs is 2. The minimum atomic E-state index is -1.55. The molecule has 1 saturated carbocycles. The van der Waals surface area contributed by atoms with Crippen LogP contribution in [0.3, 0.4) is 0 Å². The van der Waals surface area contributed by atoms with E-state index in [1.54, 1.807) is 0 Å². The molecule has 3 fully saturated rings. The molecule has 0 radical (unpaired) electrons. The first kappa shape index (κ1) is 18.5. The van der Waals surface area contributed by atoms with Gasteiger partial charge in [0.15, 0.2) is 11.7 Å². The quantitative estimate of drug-likeness (QED) is 0.415. The van der Waals surface area contributed by atoms with Crippen molar-refractivity contribution >= 4 is 22.7 Å². The second-order valence-corrected chi connectivity index (χ2v) is 10.9. The number of carbonyl (C=O) groups excluding carboxylic acids is 2. The summed E-state index contributed by atoms with van der Waals surface area (Å²) in [6, 6.07) is 0. The van der Waals surface area contributed by atoms with E-state index in [9.17, 15) is 18.9 Å². The fourth-order valence-corrected chi connectivity index (χ4v) is 7.36. The van der Waals surface area contributed by atoms with Gasteiger partial charge in [-0.25, -0.2) is 4.79 Å². The molecule has 5 aliphatic rings. The van der Waals surface area contributed by atoms with Gasteiger partial charge in [0.05, 0.1) is 11.2 Å². The Balaban J connectivity index is 1.68. The summed E-state index contributed by atoms with van der Waals surface area (Å²) in [6.07, 6.45) is 5.47. The Bertz CT molecular complexity index is 891. The first-order valence-electron chi connectivity index (χ1n) is 9.49. The third-order valence-corrected chi connectivity index (χ3v) is 8.31. The molecule has 2 aliphatic carbocycles. The fraction of sp³-hybridized carbons (Fsp3) is 0.700. The summed E-state index contributed by atoms with van der Waals surface area (Å²) in [7, 11) is -1.31. The van der Waals surface area contributed by atoms with Gasteiger partial charge >= 0.3 is 11.9 Å². The fourth-order valence-electron chi connectivity index (χ4n) is 6.38. The maximum atomic E-state index is 12.7. The average Bonchev–Trinajstić information content (AvgIpc) is 3.22. The molecule has 152 valence electrons. The summed E-state index contributed by atoms with van der Waals surface area (Å²) < 4.78 is 29.4. The van der Waals surface area contributed by atoms with E-state index in [-0.39, 0.29) is 17.6 Å². The van der Waals surface area contributed by atoms with Crippen molar-refractivity contribution in [3.63, 3.8) is 0 Å². The lowest BCUT2D eigenvalue weighted by Crippen LogP contribution is -2.64. The molecule has 2 saturated heterocycles. The summed E-state index contributed by atoms with van der Waals surface area (Å²) in [5.74, 6) is -1.07. The minimum Gasteiger partial charge on any atom is -0.458 e. The lowest BCUT2D eigenvalue weighted by atomic mass is 9.49. The highest BCUT2D eigenvalue weighted by Crippen LogP contribution is 2.72. The third-order valence-electron chi connectivity index (χ3n) is 7.32. The van der Waals surface area contributed by atoms with Gasteiger partial charge < -0.3 is 19.3 Å². The summed E-state index contributed by atoms with van der Waals surface area (Å²) in [4.78, 5) is 25.2. The summed E-state index contributed by atoms with van der Waals surface area (Å²) in [5, 5.41) is 11.1. The molecule has 0 unspecified atom stereocenters. The van der Waals surface area contributed by atoms with Crippen molar-refractivity contribution in [2.45, 2.75) is 56.7 Å². The lowest BCUT2D eigenvalue weighted by Gasteiger charge is -2.53. The number of allylic oxidation sites excluding steroid dienone is 1. The van der Waals surface area contributed by atoms with Crippen LogP contribution in [0.15, 0.2) is 23.8 Å². The van der Waals surface area contributed by atoms with Crippen molar-refractivity contribution in [1.29, 1.82) is 0 Å². The number of epoxide rings is 1. The van der Waals surface area contributed by atoms with Crippen LogP contribution in [0.25, 0.3) is 0 Å². The van der Waals surface area contributed by atoms with Gasteiger partial charge in [0.2, 0.25) is 0 Å². The van der Waals surface area contributed by atoms with E-state index in [2.05, 4.69) is 0 Å². The number of cyclic esters (lactones) is 1. The van der Waals surface area contributed by atoms with Crippen LogP contribution in [-0.2, 0) is 34.6 Å². The predicted octanol–water partition coefficient (Wildman–Crippen LogP) is 0.633. The zero-order chi connectivity index (χ0) is 20.3. The summed E-state index contributed by atoms with van der Waals surface area (Å²) >= 11 is 0. The predicted molar refractivity (Wildman–Crippen MR) is 98.5 cm³/mol. The van der Waals surface area contributed by atoms with Crippen molar-refractivity contribution < 1.29 is 33.1 Å². The second kappa shape index (κ2) is 5.15. The molecule has 7 nitrogen and oxygen atoms in total. The molecule has 28 heavy (non-hydrogen) atoms. The van der Waals surface area contributed by atoms with E-state index < -0.39 is 57.1 Å². The van der Waals surface area contributed by atoms with Crippen molar-refractivity contribution in [3.8, 4) is 0 Å². The molecule has 3 heterocycles. The van der Waals surface area contributed by atoms with Gasteiger partial charge in [-0.3, -0.25) is 9.00 Å². The van der Waals surface area contributed by atoms with Crippen LogP contribution in [0, 0.1) is 16.7 Å². The Hall–Kier alpha value is -1.51. The summed E-state index contributed by atoms with van der Waals surface area (Å²) in [6.45, 7) is 5.42. The smallest absolute Gasteiger partial charge is 0.331 e. The van der Waals surface area contributed by atoms with Crippen LogP contribution in [0.4, 0.5) is 0 Å². The molecule has 9 atom stereocenters. The third kappa shape index (κ3) is 1.99. The molecule has 0 aromatic carbocycles. The van der Waals surface area contributed by atoms with Crippen molar-refractivity contribution in [2.75, 3.05) is 12.0 Å². The summed E-state index contributed by atoms with van der Waals surface area (Å²) in [5.41, 5.74) is -3.18. The largest absolute Gasteiger partial charge is 0.458 e. The molecular formula is C20H24O7S. The van der Waals surface area contributed by atoms with Gasteiger partial charge in [-0.1, -0.05) is 19.1 Å². The molecule has 1 N–H and O–H groups in total. The maximum absolute atomic E-state index is 12.7. The number of carbonyl (C=O) groups is 2. The maximum Gasteiger partial charge on any atom is 0.331 e. The number of esters is 2. The van der Waals surface area contributed by atoms with Crippen LogP contribution in [0.5, 0.6) is 0 Å². The van der Waals surface area contributed by atoms with E-state index in [4.69, 9.17) is 14.2 Å². The Morgan fingerprint density at radius 3 is 2.71 bits per heavy atom. The van der Waals surface area contributed by atoms with Crippen molar-refractivity contribution in [1.82, 2.24) is 0 Å². The van der Waals surface area contributed by atoms with Crippen LogP contribution >= 0.6 is 0 Å². The minimum absolute atomic E-state index is 0.0573. The Labute approximate surface area is 165 Å². The molecule has 5 rings (SSSR count). The van der Waals surface area contributed by atoms with Crippen LogP contribution in [0.2, 0.25) is 0 Å². The molecule has 0 amide bonds. The van der Waals surface area contributed by atoms with Gasteiger partial charge in [0.1, 0.15) is 17.8 Å². The number of ether oxygens (including phenoxy) is 3. The van der Waals surface area contributed by atoms with Gasteiger partial charge in [-0.15, -0.1) is 0 Å². The first-order chi connectivity index (χ1) is 13.0. The Morgan fingerprint density at radius 1 is 1.32 bits per heavy atom. The number of aliphatic hydroxyl groups is 1. The van der Waals surface area contributed by atoms with Gasteiger partial charge in [0, 0.05) is 34.5 Å². The van der Waals surface area contributed by atoms with Crippen LogP contribution in [0.1, 0.15) is 27.2 Å². The Morgan fingerprint density at radius 2 is 2.04 bits per heavy atom. The topological polar surface area (TPSA) is 102 Å². The van der Waals surface area contributed by atoms with Crippen LogP contribution < -0.4 is 0 Å². The number of rotatable bonds is 3.